The average Bonchev–Trinajstić information content (AvgIpc) is 2.86. The van der Waals surface area contributed by atoms with Gasteiger partial charge in [-0.05, 0) is 24.6 Å². The van der Waals surface area contributed by atoms with Crippen LogP contribution in [-0.4, -0.2) is 25.8 Å². The van der Waals surface area contributed by atoms with Gasteiger partial charge in [0.05, 0.1) is 4.92 Å². The normalized spacial score (nSPS) is 10.2. The van der Waals surface area contributed by atoms with Crippen molar-refractivity contribution in [1.82, 2.24) is 9.78 Å². The molecule has 0 fully saturated rings. The van der Waals surface area contributed by atoms with Crippen LogP contribution in [0.3, 0.4) is 0 Å². The maximum Gasteiger partial charge on any atom is 0.356 e. The van der Waals surface area contributed by atoms with E-state index in [4.69, 9.17) is 9.84 Å². The number of rotatable bonds is 5. The molecule has 0 saturated heterocycles. The molecule has 1 aromatic carbocycles. The molecule has 0 radical (unpaired) electrons. The Morgan fingerprint density at radius 1 is 1.50 bits per heavy atom. The van der Waals surface area contributed by atoms with Crippen molar-refractivity contribution < 1.29 is 19.6 Å². The number of ether oxygens (including phenoxy) is 1. The molecule has 1 aromatic heterocycles. The Kier molecular flexibility index (Phi) is 3.65. The smallest absolute Gasteiger partial charge is 0.356 e. The molecule has 104 valence electrons. The third-order valence-electron chi connectivity index (χ3n) is 2.52. The summed E-state index contributed by atoms with van der Waals surface area (Å²) < 4.78 is 6.54. The number of benzene rings is 1. The lowest BCUT2D eigenvalue weighted by Crippen LogP contribution is -2.08. The van der Waals surface area contributed by atoms with Crippen LogP contribution in [0.2, 0.25) is 0 Å². The maximum absolute atomic E-state index is 10.9. The van der Waals surface area contributed by atoms with E-state index in [2.05, 4.69) is 5.10 Å². The van der Waals surface area contributed by atoms with Gasteiger partial charge in [-0.1, -0.05) is 6.07 Å². The number of aromatic nitrogens is 2. The summed E-state index contributed by atoms with van der Waals surface area (Å²) in [5, 5.41) is 23.4. The predicted molar refractivity (Wildman–Crippen MR) is 67.6 cm³/mol. The zero-order chi connectivity index (χ0) is 14.7. The quantitative estimate of drug-likeness (QED) is 0.659. The van der Waals surface area contributed by atoms with E-state index in [1.165, 1.54) is 29.1 Å². The van der Waals surface area contributed by atoms with E-state index >= 15 is 0 Å². The Balaban J connectivity index is 2.14. The first kappa shape index (κ1) is 13.5. The van der Waals surface area contributed by atoms with Crippen LogP contribution in [-0.2, 0) is 6.73 Å². The number of hydrogen-bond donors (Lipinski definition) is 1. The van der Waals surface area contributed by atoms with Crippen LogP contribution in [0.4, 0.5) is 5.69 Å². The standard InChI is InChI=1S/C12H11N3O5/c1-8-2-3-11(10(6-8)15(18)19)20-7-14-5-4-9(13-14)12(16)17/h2-6H,7H2,1H3,(H,16,17). The molecule has 2 aromatic rings. The van der Waals surface area contributed by atoms with Crippen LogP contribution in [0.5, 0.6) is 5.75 Å². The second-order valence-corrected chi connectivity index (χ2v) is 4.05. The summed E-state index contributed by atoms with van der Waals surface area (Å²) in [5.74, 6) is -1.04. The molecule has 20 heavy (non-hydrogen) atoms. The summed E-state index contributed by atoms with van der Waals surface area (Å²) in [5.41, 5.74) is 0.485. The zero-order valence-electron chi connectivity index (χ0n) is 10.5. The van der Waals surface area contributed by atoms with Crippen LogP contribution in [0.25, 0.3) is 0 Å². The van der Waals surface area contributed by atoms with Crippen molar-refractivity contribution in [3.05, 3.63) is 51.8 Å². The average molecular weight is 277 g/mol. The molecule has 0 unspecified atom stereocenters. The molecular weight excluding hydrogens is 266 g/mol. The van der Waals surface area contributed by atoms with Crippen LogP contribution < -0.4 is 4.74 Å². The van der Waals surface area contributed by atoms with E-state index < -0.39 is 10.9 Å². The Bertz CT molecular complexity index is 665. The van der Waals surface area contributed by atoms with Crippen LogP contribution >= 0.6 is 0 Å². The summed E-state index contributed by atoms with van der Waals surface area (Å²) in [7, 11) is 0. The summed E-state index contributed by atoms with van der Waals surface area (Å²) in [6, 6.07) is 5.90. The number of nitrogens with zero attached hydrogens (tertiary/aromatic N) is 3. The lowest BCUT2D eigenvalue weighted by atomic mass is 10.2. The summed E-state index contributed by atoms with van der Waals surface area (Å²) >= 11 is 0. The lowest BCUT2D eigenvalue weighted by Gasteiger charge is -2.07. The molecule has 0 spiro atoms. The topological polar surface area (TPSA) is 107 Å². The Labute approximate surface area is 113 Å². The molecule has 0 atom stereocenters. The van der Waals surface area contributed by atoms with E-state index in [-0.39, 0.29) is 23.9 Å². The SMILES string of the molecule is Cc1ccc(OCn2ccc(C(=O)O)n2)c([N+](=O)[O-])c1. The van der Waals surface area contributed by atoms with Crippen LogP contribution in [0, 0.1) is 17.0 Å². The third kappa shape index (κ3) is 2.91. The third-order valence-corrected chi connectivity index (χ3v) is 2.52. The highest BCUT2D eigenvalue weighted by Crippen LogP contribution is 2.27. The van der Waals surface area contributed by atoms with Gasteiger partial charge in [-0.25, -0.2) is 9.48 Å². The minimum Gasteiger partial charge on any atom is -0.476 e. The van der Waals surface area contributed by atoms with Crippen molar-refractivity contribution in [1.29, 1.82) is 0 Å². The lowest BCUT2D eigenvalue weighted by molar-refractivity contribution is -0.386. The fourth-order valence-electron chi connectivity index (χ4n) is 1.58. The molecular formula is C12H11N3O5. The first-order chi connectivity index (χ1) is 9.47. The summed E-state index contributed by atoms with van der Waals surface area (Å²) in [6.45, 7) is 1.63. The minimum absolute atomic E-state index is 0.105. The highest BCUT2D eigenvalue weighted by atomic mass is 16.6. The first-order valence-corrected chi connectivity index (χ1v) is 5.62. The van der Waals surface area contributed by atoms with E-state index in [1.807, 2.05) is 0 Å². The molecule has 8 nitrogen and oxygen atoms in total. The molecule has 1 N–H and O–H groups in total. The van der Waals surface area contributed by atoms with Gasteiger partial charge in [0.25, 0.3) is 0 Å². The molecule has 0 aliphatic heterocycles. The van der Waals surface area contributed by atoms with Gasteiger partial charge in [0.1, 0.15) is 0 Å². The summed E-state index contributed by atoms with van der Waals surface area (Å²) in [4.78, 5) is 21.0. The fourth-order valence-corrected chi connectivity index (χ4v) is 1.58. The molecule has 0 amide bonds. The second kappa shape index (κ2) is 5.39. The van der Waals surface area contributed by atoms with Crippen molar-refractivity contribution in [2.45, 2.75) is 13.7 Å². The van der Waals surface area contributed by atoms with E-state index in [9.17, 15) is 14.9 Å². The van der Waals surface area contributed by atoms with E-state index in [0.717, 1.165) is 5.56 Å². The molecule has 0 bridgehead atoms. The van der Waals surface area contributed by atoms with Crippen molar-refractivity contribution in [2.24, 2.45) is 0 Å². The van der Waals surface area contributed by atoms with Crippen LogP contribution in [0.1, 0.15) is 16.1 Å². The number of nitro benzene ring substituents is 1. The monoisotopic (exact) mass is 277 g/mol. The van der Waals surface area contributed by atoms with Gasteiger partial charge in [0, 0.05) is 12.3 Å². The van der Waals surface area contributed by atoms with Gasteiger partial charge in [-0.3, -0.25) is 10.1 Å². The largest absolute Gasteiger partial charge is 0.476 e. The molecule has 0 aliphatic rings. The molecule has 0 saturated carbocycles. The highest BCUT2D eigenvalue weighted by Gasteiger charge is 2.15. The number of carboxylic acid groups (broad SMARTS) is 1. The second-order valence-electron chi connectivity index (χ2n) is 4.05. The van der Waals surface area contributed by atoms with Crippen molar-refractivity contribution in [3.63, 3.8) is 0 Å². The van der Waals surface area contributed by atoms with Crippen LogP contribution in [0.15, 0.2) is 30.5 Å². The van der Waals surface area contributed by atoms with Gasteiger partial charge in [0.15, 0.2) is 18.2 Å². The maximum atomic E-state index is 10.9. The van der Waals surface area contributed by atoms with E-state index in [1.54, 1.807) is 13.0 Å². The number of hydrogen-bond acceptors (Lipinski definition) is 5. The van der Waals surface area contributed by atoms with E-state index in [0.29, 0.717) is 0 Å². The number of carboxylic acids is 1. The Morgan fingerprint density at radius 3 is 2.85 bits per heavy atom. The fraction of sp³-hybridized carbons (Fsp3) is 0.167. The molecule has 8 heteroatoms. The van der Waals surface area contributed by atoms with Gasteiger partial charge in [-0.2, -0.15) is 5.10 Å². The number of aromatic carboxylic acids is 1. The Morgan fingerprint density at radius 2 is 2.25 bits per heavy atom. The highest BCUT2D eigenvalue weighted by molar-refractivity contribution is 5.84. The number of aryl methyl sites for hydroxylation is 1. The van der Waals surface area contributed by atoms with Gasteiger partial charge in [0.2, 0.25) is 0 Å². The zero-order valence-corrected chi connectivity index (χ0v) is 10.5. The molecule has 2 rings (SSSR count). The number of nitro groups is 1. The van der Waals surface area contributed by atoms with Crippen molar-refractivity contribution >= 4 is 11.7 Å². The predicted octanol–water partition coefficient (Wildman–Crippen LogP) is 1.83. The minimum atomic E-state index is -1.15. The van der Waals surface area contributed by atoms with Gasteiger partial charge < -0.3 is 9.84 Å². The van der Waals surface area contributed by atoms with Crippen molar-refractivity contribution in [3.8, 4) is 5.75 Å². The Hall–Kier alpha value is -2.90. The van der Waals surface area contributed by atoms with Gasteiger partial charge in [-0.15, -0.1) is 0 Å². The molecule has 0 aliphatic carbocycles. The summed E-state index contributed by atoms with van der Waals surface area (Å²) in [6.07, 6.45) is 1.42. The van der Waals surface area contributed by atoms with Gasteiger partial charge >= 0.3 is 11.7 Å². The number of carbonyl (C=O) groups is 1. The first-order valence-electron chi connectivity index (χ1n) is 5.62. The van der Waals surface area contributed by atoms with Crippen molar-refractivity contribution in [2.75, 3.05) is 0 Å². The molecule has 1 heterocycles.